The molecule has 1 aromatic heterocycles. The zero-order valence-corrected chi connectivity index (χ0v) is 21.7. The number of fused-ring (bicyclic) bond motifs is 1. The third-order valence-corrected chi connectivity index (χ3v) is 6.77. The lowest BCUT2D eigenvalue weighted by molar-refractivity contribution is 0.0672. The number of hydrogen-bond acceptors (Lipinski definition) is 3. The van der Waals surface area contributed by atoms with Crippen molar-refractivity contribution in [3.05, 3.63) is 104 Å². The van der Waals surface area contributed by atoms with Crippen molar-refractivity contribution in [2.75, 3.05) is 6.54 Å². The second-order valence-electron chi connectivity index (χ2n) is 8.56. The Labute approximate surface area is 214 Å². The molecule has 0 N–H and O–H groups in total. The Morgan fingerprint density at radius 2 is 1.77 bits per heavy atom. The maximum atomic E-state index is 13.8. The van der Waals surface area contributed by atoms with E-state index in [1.807, 2.05) is 64.1 Å². The summed E-state index contributed by atoms with van der Waals surface area (Å²) in [5, 5.41) is 1.27. The summed E-state index contributed by atoms with van der Waals surface area (Å²) < 4.78 is 1.66. The normalized spacial score (nSPS) is 12.1. The molecular weight excluding hydrogens is 481 g/mol. The van der Waals surface area contributed by atoms with Gasteiger partial charge in [-0.15, -0.1) is 0 Å². The second kappa shape index (κ2) is 10.2. The number of aryl methyl sites for hydroxylation is 2. The zero-order chi connectivity index (χ0) is 25.3. The van der Waals surface area contributed by atoms with E-state index in [0.29, 0.717) is 40.3 Å². The highest BCUT2D eigenvalue weighted by atomic mass is 35.5. The van der Waals surface area contributed by atoms with E-state index in [1.165, 1.54) is 0 Å². The van der Waals surface area contributed by atoms with Crippen LogP contribution in [0.5, 0.6) is 0 Å². The lowest BCUT2D eigenvalue weighted by Crippen LogP contribution is -2.38. The highest BCUT2D eigenvalue weighted by molar-refractivity contribution is 6.36. The molecule has 5 nitrogen and oxygen atoms in total. The summed E-state index contributed by atoms with van der Waals surface area (Å²) in [7, 11) is 0. The van der Waals surface area contributed by atoms with E-state index in [2.05, 4.69) is 0 Å². The molecule has 4 aromatic rings. The molecule has 0 aliphatic carbocycles. The average Bonchev–Trinajstić information content (AvgIpc) is 2.83. The minimum absolute atomic E-state index is 0.163. The van der Waals surface area contributed by atoms with Crippen molar-refractivity contribution in [2.24, 2.45) is 0 Å². The Hall–Kier alpha value is -3.15. The van der Waals surface area contributed by atoms with Gasteiger partial charge in [0, 0.05) is 11.6 Å². The smallest absolute Gasteiger partial charge is 0.266 e. The van der Waals surface area contributed by atoms with Gasteiger partial charge in [-0.2, -0.15) is 0 Å². The van der Waals surface area contributed by atoms with Crippen LogP contribution in [-0.4, -0.2) is 26.9 Å². The van der Waals surface area contributed by atoms with E-state index in [4.69, 9.17) is 28.2 Å². The van der Waals surface area contributed by atoms with Gasteiger partial charge in [0.05, 0.1) is 33.2 Å². The van der Waals surface area contributed by atoms with Crippen LogP contribution in [0.4, 0.5) is 0 Å². The summed E-state index contributed by atoms with van der Waals surface area (Å²) in [6.07, 6.45) is 0.556. The van der Waals surface area contributed by atoms with Crippen LogP contribution < -0.4 is 5.56 Å². The topological polar surface area (TPSA) is 55.2 Å². The third-order valence-electron chi connectivity index (χ3n) is 6.22. The van der Waals surface area contributed by atoms with Crippen LogP contribution in [0.1, 0.15) is 53.6 Å². The van der Waals surface area contributed by atoms with Gasteiger partial charge in [0.15, 0.2) is 0 Å². The van der Waals surface area contributed by atoms with Crippen LogP contribution in [0, 0.1) is 13.8 Å². The molecule has 7 heteroatoms. The van der Waals surface area contributed by atoms with Gasteiger partial charge in [0.1, 0.15) is 5.82 Å². The fourth-order valence-corrected chi connectivity index (χ4v) is 5.02. The fraction of sp³-hybridized carbons (Fsp3) is 0.250. The molecule has 0 bridgehead atoms. The van der Waals surface area contributed by atoms with Gasteiger partial charge in [0.2, 0.25) is 0 Å². The van der Waals surface area contributed by atoms with E-state index in [0.717, 1.165) is 16.8 Å². The van der Waals surface area contributed by atoms with Gasteiger partial charge < -0.3 is 4.90 Å². The van der Waals surface area contributed by atoms with Crippen LogP contribution in [0.2, 0.25) is 10.0 Å². The van der Waals surface area contributed by atoms with E-state index >= 15 is 0 Å². The molecule has 0 spiro atoms. The zero-order valence-electron chi connectivity index (χ0n) is 20.2. The molecule has 1 heterocycles. The Morgan fingerprint density at radius 1 is 1.03 bits per heavy atom. The largest absolute Gasteiger partial charge is 0.329 e. The predicted molar refractivity (Wildman–Crippen MR) is 143 cm³/mol. The molecule has 3 aromatic carbocycles. The number of hydrogen-bond donors (Lipinski definition) is 0. The average molecular weight is 508 g/mol. The van der Waals surface area contributed by atoms with Crippen molar-refractivity contribution < 1.29 is 4.79 Å². The number of para-hydroxylation sites is 1. The van der Waals surface area contributed by atoms with Gasteiger partial charge in [0.25, 0.3) is 11.5 Å². The number of carbonyl (C=O) groups is 1. The Kier molecular flexibility index (Phi) is 7.29. The SMILES string of the molecule is CCC(c1nc2ccccc2c(=O)n1-c1ccc(C)cc1C)N(CC)C(=O)c1ccc(Cl)cc1Cl. The number of carbonyl (C=O) groups excluding carboxylic acids is 1. The lowest BCUT2D eigenvalue weighted by Gasteiger charge is -2.32. The first-order valence-electron chi connectivity index (χ1n) is 11.6. The second-order valence-corrected chi connectivity index (χ2v) is 9.40. The summed E-state index contributed by atoms with van der Waals surface area (Å²) in [4.78, 5) is 34.2. The lowest BCUT2D eigenvalue weighted by atomic mass is 10.1. The third kappa shape index (κ3) is 4.71. The number of rotatable bonds is 6. The van der Waals surface area contributed by atoms with Crippen LogP contribution in [0.15, 0.2) is 65.5 Å². The van der Waals surface area contributed by atoms with Gasteiger partial charge in [-0.25, -0.2) is 4.98 Å². The van der Waals surface area contributed by atoms with Gasteiger partial charge in [-0.1, -0.05) is 60.0 Å². The standard InChI is InChI=1S/C28H27Cl2N3O2/c1-5-24(32(6-2)27(34)20-13-12-19(29)16-22(20)30)26-31-23-10-8-7-9-21(23)28(35)33(26)25-14-11-17(3)15-18(25)4/h7-16,24H,5-6H2,1-4H3. The molecule has 0 saturated heterocycles. The minimum atomic E-state index is -0.461. The van der Waals surface area contributed by atoms with Gasteiger partial charge in [-0.05, 0) is 69.2 Å². The first-order chi connectivity index (χ1) is 16.8. The highest BCUT2D eigenvalue weighted by Crippen LogP contribution is 2.30. The number of nitrogens with zero attached hydrogens (tertiary/aromatic N) is 3. The first-order valence-corrected chi connectivity index (χ1v) is 12.4. The monoisotopic (exact) mass is 507 g/mol. The molecule has 0 aliphatic heterocycles. The van der Waals surface area contributed by atoms with Crippen LogP contribution in [0.25, 0.3) is 16.6 Å². The Balaban J connectivity index is 1.97. The number of amides is 1. The van der Waals surface area contributed by atoms with Gasteiger partial charge >= 0.3 is 0 Å². The molecule has 1 unspecified atom stereocenters. The molecule has 0 aliphatic rings. The van der Waals surface area contributed by atoms with Crippen molar-refractivity contribution in [3.8, 4) is 5.69 Å². The summed E-state index contributed by atoms with van der Waals surface area (Å²) >= 11 is 12.4. The maximum absolute atomic E-state index is 13.8. The van der Waals surface area contributed by atoms with E-state index in [-0.39, 0.29) is 16.5 Å². The van der Waals surface area contributed by atoms with Crippen molar-refractivity contribution in [3.63, 3.8) is 0 Å². The molecule has 1 amide bonds. The number of aromatic nitrogens is 2. The molecule has 0 saturated carbocycles. The maximum Gasteiger partial charge on any atom is 0.266 e. The minimum Gasteiger partial charge on any atom is -0.329 e. The highest BCUT2D eigenvalue weighted by Gasteiger charge is 2.30. The van der Waals surface area contributed by atoms with Crippen molar-refractivity contribution in [1.29, 1.82) is 0 Å². The quantitative estimate of drug-likeness (QED) is 0.284. The first kappa shape index (κ1) is 25.0. The summed E-state index contributed by atoms with van der Waals surface area (Å²) in [5.74, 6) is 0.277. The van der Waals surface area contributed by atoms with Crippen LogP contribution >= 0.6 is 23.2 Å². The van der Waals surface area contributed by atoms with Crippen LogP contribution in [-0.2, 0) is 0 Å². The fourth-order valence-electron chi connectivity index (χ4n) is 4.53. The molecule has 180 valence electrons. The predicted octanol–water partition coefficient (Wildman–Crippen LogP) is 6.92. The molecule has 0 radical (unpaired) electrons. The van der Waals surface area contributed by atoms with Crippen molar-refractivity contribution in [2.45, 2.75) is 40.2 Å². The van der Waals surface area contributed by atoms with Crippen LogP contribution in [0.3, 0.4) is 0 Å². The Morgan fingerprint density at radius 3 is 2.43 bits per heavy atom. The number of benzene rings is 3. The number of halogens is 2. The molecule has 4 rings (SSSR count). The van der Waals surface area contributed by atoms with Gasteiger partial charge in [-0.3, -0.25) is 14.2 Å². The summed E-state index contributed by atoms with van der Waals surface area (Å²) in [6, 6.07) is 17.6. The van der Waals surface area contributed by atoms with Crippen molar-refractivity contribution >= 4 is 40.0 Å². The Bertz CT molecular complexity index is 1480. The summed E-state index contributed by atoms with van der Waals surface area (Å²) in [6.45, 7) is 8.29. The van der Waals surface area contributed by atoms with E-state index in [9.17, 15) is 9.59 Å². The molecular formula is C28H27Cl2N3O2. The van der Waals surface area contributed by atoms with E-state index < -0.39 is 6.04 Å². The molecule has 35 heavy (non-hydrogen) atoms. The molecule has 0 fully saturated rings. The molecule has 1 atom stereocenters. The summed E-state index contributed by atoms with van der Waals surface area (Å²) in [5.41, 5.74) is 3.60. The van der Waals surface area contributed by atoms with Crippen molar-refractivity contribution in [1.82, 2.24) is 14.5 Å². The van der Waals surface area contributed by atoms with E-state index in [1.54, 1.807) is 33.7 Å².